The van der Waals surface area contributed by atoms with E-state index >= 15 is 0 Å². The molecular weight excluding hydrogens is 340 g/mol. The van der Waals surface area contributed by atoms with Crippen molar-refractivity contribution in [1.29, 1.82) is 0 Å². The van der Waals surface area contributed by atoms with Crippen LogP contribution in [0.3, 0.4) is 0 Å². The van der Waals surface area contributed by atoms with Crippen LogP contribution in [-0.2, 0) is 18.3 Å². The first-order chi connectivity index (χ1) is 13.0. The molecule has 0 atom stereocenters. The summed E-state index contributed by atoms with van der Waals surface area (Å²) in [5, 5.41) is 7.55. The first-order valence-corrected chi connectivity index (χ1v) is 9.28. The van der Waals surface area contributed by atoms with E-state index in [4.69, 9.17) is 0 Å². The number of hydrogen-bond acceptors (Lipinski definition) is 3. The topological polar surface area (TPSA) is 65.8 Å². The lowest BCUT2D eigenvalue weighted by Crippen LogP contribution is -2.55. The van der Waals surface area contributed by atoms with Crippen molar-refractivity contribution in [2.24, 2.45) is 12.0 Å². The SMILES string of the molecule is CN=C(NCCc1cc(C)cc(C)c1)N1CCN(c2cnn(C)c2)C(=O)C1. The molecule has 0 unspecified atom stereocenters. The van der Waals surface area contributed by atoms with Gasteiger partial charge >= 0.3 is 0 Å². The summed E-state index contributed by atoms with van der Waals surface area (Å²) in [6, 6.07) is 6.62. The third-order valence-electron chi connectivity index (χ3n) is 4.71. The number of nitrogens with one attached hydrogen (secondary N) is 1. The van der Waals surface area contributed by atoms with Gasteiger partial charge in [0, 0.05) is 39.9 Å². The van der Waals surface area contributed by atoms with Crippen LogP contribution >= 0.6 is 0 Å². The summed E-state index contributed by atoms with van der Waals surface area (Å²) in [5.41, 5.74) is 4.73. The zero-order valence-corrected chi connectivity index (χ0v) is 16.6. The minimum Gasteiger partial charge on any atom is -0.356 e. The van der Waals surface area contributed by atoms with E-state index in [2.05, 4.69) is 47.5 Å². The summed E-state index contributed by atoms with van der Waals surface area (Å²) >= 11 is 0. The minimum atomic E-state index is 0.0616. The van der Waals surface area contributed by atoms with Crippen LogP contribution < -0.4 is 10.2 Å². The van der Waals surface area contributed by atoms with Crippen molar-refractivity contribution < 1.29 is 4.79 Å². The number of anilines is 1. The molecule has 1 saturated heterocycles. The molecule has 0 aliphatic carbocycles. The number of amides is 1. The largest absolute Gasteiger partial charge is 0.356 e. The summed E-state index contributed by atoms with van der Waals surface area (Å²) in [6.45, 7) is 6.71. The number of benzene rings is 1. The number of aliphatic imine (C=N–C) groups is 1. The van der Waals surface area contributed by atoms with Gasteiger partial charge in [0.05, 0.1) is 11.9 Å². The highest BCUT2D eigenvalue weighted by atomic mass is 16.2. The second-order valence-electron chi connectivity index (χ2n) is 7.06. The Kier molecular flexibility index (Phi) is 5.78. The van der Waals surface area contributed by atoms with E-state index in [1.54, 1.807) is 22.8 Å². The summed E-state index contributed by atoms with van der Waals surface area (Å²) in [4.78, 5) is 20.7. The zero-order chi connectivity index (χ0) is 19.4. The van der Waals surface area contributed by atoms with E-state index < -0.39 is 0 Å². The molecule has 27 heavy (non-hydrogen) atoms. The van der Waals surface area contributed by atoms with Gasteiger partial charge in [-0.2, -0.15) is 5.10 Å². The van der Waals surface area contributed by atoms with Crippen molar-refractivity contribution in [3.05, 3.63) is 47.3 Å². The van der Waals surface area contributed by atoms with Gasteiger partial charge in [0.15, 0.2) is 5.96 Å². The molecule has 1 amide bonds. The van der Waals surface area contributed by atoms with Crippen LogP contribution in [0.15, 0.2) is 35.6 Å². The Balaban J connectivity index is 1.55. The van der Waals surface area contributed by atoms with E-state index in [0.717, 1.165) is 31.2 Å². The van der Waals surface area contributed by atoms with Gasteiger partial charge in [0.2, 0.25) is 5.91 Å². The minimum absolute atomic E-state index is 0.0616. The van der Waals surface area contributed by atoms with Crippen LogP contribution in [0.2, 0.25) is 0 Å². The van der Waals surface area contributed by atoms with Crippen molar-refractivity contribution >= 4 is 17.6 Å². The predicted molar refractivity (Wildman–Crippen MR) is 108 cm³/mol. The highest BCUT2D eigenvalue weighted by molar-refractivity contribution is 5.98. The first kappa shape index (κ1) is 18.9. The summed E-state index contributed by atoms with van der Waals surface area (Å²) in [6.07, 6.45) is 4.51. The number of rotatable bonds is 4. The van der Waals surface area contributed by atoms with Crippen molar-refractivity contribution in [3.63, 3.8) is 0 Å². The van der Waals surface area contributed by atoms with E-state index in [0.29, 0.717) is 13.1 Å². The molecule has 2 aromatic rings. The van der Waals surface area contributed by atoms with Crippen LogP contribution in [0, 0.1) is 13.8 Å². The Morgan fingerprint density at radius 1 is 1.22 bits per heavy atom. The Morgan fingerprint density at radius 3 is 2.56 bits per heavy atom. The maximum atomic E-state index is 12.6. The molecule has 0 bridgehead atoms. The summed E-state index contributed by atoms with van der Waals surface area (Å²) < 4.78 is 1.71. The molecule has 7 nitrogen and oxygen atoms in total. The molecule has 144 valence electrons. The van der Waals surface area contributed by atoms with Gasteiger partial charge in [-0.1, -0.05) is 29.3 Å². The van der Waals surface area contributed by atoms with E-state index in [-0.39, 0.29) is 5.91 Å². The maximum Gasteiger partial charge on any atom is 0.246 e. The standard InChI is InChI=1S/C20H28N6O/c1-15-9-16(2)11-17(10-15)5-6-22-20(21-3)25-7-8-26(19(27)14-25)18-12-23-24(4)13-18/h9-13H,5-8,14H2,1-4H3,(H,21,22). The van der Waals surface area contributed by atoms with Crippen LogP contribution in [0.25, 0.3) is 0 Å². The number of hydrogen-bond donors (Lipinski definition) is 1. The molecule has 3 rings (SSSR count). The van der Waals surface area contributed by atoms with Crippen LogP contribution in [0.1, 0.15) is 16.7 Å². The lowest BCUT2D eigenvalue weighted by Gasteiger charge is -2.35. The number of carbonyl (C=O) groups is 1. The Morgan fingerprint density at radius 2 is 1.96 bits per heavy atom. The predicted octanol–water partition coefficient (Wildman–Crippen LogP) is 1.50. The number of aryl methyl sites for hydroxylation is 3. The highest BCUT2D eigenvalue weighted by Crippen LogP contribution is 2.16. The van der Waals surface area contributed by atoms with E-state index in [9.17, 15) is 4.79 Å². The van der Waals surface area contributed by atoms with Gasteiger partial charge in [-0.15, -0.1) is 0 Å². The van der Waals surface area contributed by atoms with Gasteiger partial charge in [-0.25, -0.2) is 0 Å². The average molecular weight is 368 g/mol. The molecule has 1 N–H and O–H groups in total. The summed E-state index contributed by atoms with van der Waals surface area (Å²) in [7, 11) is 3.61. The molecule has 0 saturated carbocycles. The molecule has 7 heteroatoms. The number of aromatic nitrogens is 2. The molecule has 2 heterocycles. The van der Waals surface area contributed by atoms with Crippen molar-refractivity contribution in [2.45, 2.75) is 20.3 Å². The van der Waals surface area contributed by atoms with Gasteiger partial charge in [0.1, 0.15) is 6.54 Å². The van der Waals surface area contributed by atoms with Crippen molar-refractivity contribution in [3.8, 4) is 0 Å². The van der Waals surface area contributed by atoms with Crippen molar-refractivity contribution in [1.82, 2.24) is 20.0 Å². The van der Waals surface area contributed by atoms with Gasteiger partial charge < -0.3 is 15.1 Å². The maximum absolute atomic E-state index is 12.6. The Labute approximate surface area is 160 Å². The average Bonchev–Trinajstić information content (AvgIpc) is 3.04. The molecule has 0 radical (unpaired) electrons. The van der Waals surface area contributed by atoms with E-state index in [1.165, 1.54) is 16.7 Å². The third kappa shape index (κ3) is 4.67. The lowest BCUT2D eigenvalue weighted by molar-refractivity contribution is -0.120. The highest BCUT2D eigenvalue weighted by Gasteiger charge is 2.27. The second-order valence-corrected chi connectivity index (χ2v) is 7.06. The second kappa shape index (κ2) is 8.24. The fourth-order valence-electron chi connectivity index (χ4n) is 3.54. The quantitative estimate of drug-likeness (QED) is 0.656. The van der Waals surface area contributed by atoms with Gasteiger partial charge in [-0.3, -0.25) is 14.5 Å². The van der Waals surface area contributed by atoms with Crippen LogP contribution in [0.5, 0.6) is 0 Å². The summed E-state index contributed by atoms with van der Waals surface area (Å²) in [5.74, 6) is 0.838. The number of nitrogens with zero attached hydrogens (tertiary/aromatic N) is 5. The number of guanidine groups is 1. The fourth-order valence-corrected chi connectivity index (χ4v) is 3.54. The molecule has 1 aliphatic heterocycles. The first-order valence-electron chi connectivity index (χ1n) is 9.28. The van der Waals surface area contributed by atoms with Gasteiger partial charge in [0.25, 0.3) is 0 Å². The smallest absolute Gasteiger partial charge is 0.246 e. The van der Waals surface area contributed by atoms with E-state index in [1.807, 2.05) is 18.1 Å². The monoisotopic (exact) mass is 368 g/mol. The molecule has 1 aromatic heterocycles. The molecule has 1 aliphatic rings. The van der Waals surface area contributed by atoms with Gasteiger partial charge in [-0.05, 0) is 25.8 Å². The molecule has 0 spiro atoms. The normalized spacial score (nSPS) is 15.4. The third-order valence-corrected chi connectivity index (χ3v) is 4.71. The van der Waals surface area contributed by atoms with Crippen LogP contribution in [-0.4, -0.2) is 59.8 Å². The zero-order valence-electron chi connectivity index (χ0n) is 16.6. The number of carbonyl (C=O) groups excluding carboxylic acids is 1. The lowest BCUT2D eigenvalue weighted by atomic mass is 10.1. The molecule has 1 fully saturated rings. The van der Waals surface area contributed by atoms with Crippen molar-refractivity contribution in [2.75, 3.05) is 38.1 Å². The fraction of sp³-hybridized carbons (Fsp3) is 0.450. The Hall–Kier alpha value is -2.83. The number of piperazine rings is 1. The molecular formula is C20H28N6O. The van der Waals surface area contributed by atoms with Crippen LogP contribution in [0.4, 0.5) is 5.69 Å². The Bertz CT molecular complexity index is 820. The molecule has 1 aromatic carbocycles.